The van der Waals surface area contributed by atoms with Gasteiger partial charge in [0.1, 0.15) is 0 Å². The minimum Gasteiger partial charge on any atom is -0.476 e. The van der Waals surface area contributed by atoms with Gasteiger partial charge in [0.15, 0.2) is 5.69 Å². The Balaban J connectivity index is 1.52. The van der Waals surface area contributed by atoms with Crippen molar-refractivity contribution in [3.05, 3.63) is 36.2 Å². The van der Waals surface area contributed by atoms with Gasteiger partial charge in [0, 0.05) is 25.3 Å². The van der Waals surface area contributed by atoms with E-state index in [0.29, 0.717) is 23.7 Å². The van der Waals surface area contributed by atoms with Crippen LogP contribution in [0.2, 0.25) is 0 Å². The van der Waals surface area contributed by atoms with Gasteiger partial charge < -0.3 is 15.2 Å². The molecule has 1 fully saturated rings. The molecule has 0 atom stereocenters. The van der Waals surface area contributed by atoms with Crippen LogP contribution in [-0.2, 0) is 9.53 Å². The summed E-state index contributed by atoms with van der Waals surface area (Å²) in [4.78, 5) is 23.0. The topological polar surface area (TPSA) is 106 Å². The first-order valence-corrected chi connectivity index (χ1v) is 8.75. The minimum absolute atomic E-state index is 0.0287. The number of aromatic carboxylic acids is 1. The van der Waals surface area contributed by atoms with Gasteiger partial charge in [0.2, 0.25) is 5.91 Å². The van der Waals surface area contributed by atoms with Gasteiger partial charge in [-0.05, 0) is 49.8 Å². The fraction of sp³-hybridized carbons (Fsp3) is 0.444. The molecule has 0 radical (unpaired) electrons. The minimum atomic E-state index is -1.13. The molecule has 3 rings (SSSR count). The second-order valence-corrected chi connectivity index (χ2v) is 6.40. The van der Waals surface area contributed by atoms with Gasteiger partial charge in [-0.2, -0.15) is 0 Å². The highest BCUT2D eigenvalue weighted by molar-refractivity contribution is 5.91. The lowest BCUT2D eigenvalue weighted by molar-refractivity contribution is -0.116. The maximum absolute atomic E-state index is 12.1. The van der Waals surface area contributed by atoms with Crippen molar-refractivity contribution in [2.75, 3.05) is 18.5 Å². The smallest absolute Gasteiger partial charge is 0.358 e. The van der Waals surface area contributed by atoms with Gasteiger partial charge in [-0.25, -0.2) is 9.48 Å². The number of amides is 1. The Kier molecular flexibility index (Phi) is 5.96. The SMILES string of the molecule is O=C(CCCC1CCOCC1)Nc1cccc(-n2cc(C(=O)O)nn2)c1. The van der Waals surface area contributed by atoms with Crippen molar-refractivity contribution in [2.24, 2.45) is 5.92 Å². The highest BCUT2D eigenvalue weighted by Crippen LogP contribution is 2.21. The van der Waals surface area contributed by atoms with Crippen molar-refractivity contribution < 1.29 is 19.4 Å². The molecule has 2 N–H and O–H groups in total. The predicted molar refractivity (Wildman–Crippen MR) is 94.3 cm³/mol. The monoisotopic (exact) mass is 358 g/mol. The van der Waals surface area contributed by atoms with Crippen LogP contribution in [0.3, 0.4) is 0 Å². The molecule has 2 aromatic rings. The summed E-state index contributed by atoms with van der Waals surface area (Å²) >= 11 is 0. The molecule has 1 saturated heterocycles. The molecule has 1 aliphatic heterocycles. The molecule has 138 valence electrons. The van der Waals surface area contributed by atoms with Crippen molar-refractivity contribution in [3.63, 3.8) is 0 Å². The van der Waals surface area contributed by atoms with Crippen molar-refractivity contribution in [3.8, 4) is 5.69 Å². The first-order chi connectivity index (χ1) is 12.6. The molecule has 0 bridgehead atoms. The zero-order valence-corrected chi connectivity index (χ0v) is 14.4. The number of rotatable bonds is 7. The van der Waals surface area contributed by atoms with E-state index < -0.39 is 5.97 Å². The number of ether oxygens (including phenoxy) is 1. The molecule has 1 amide bonds. The molecule has 26 heavy (non-hydrogen) atoms. The lowest BCUT2D eigenvalue weighted by atomic mass is 9.94. The molecule has 1 aromatic heterocycles. The number of nitrogens with one attached hydrogen (secondary N) is 1. The molecule has 0 aliphatic carbocycles. The van der Waals surface area contributed by atoms with Crippen LogP contribution in [0.15, 0.2) is 30.5 Å². The van der Waals surface area contributed by atoms with Crippen LogP contribution in [-0.4, -0.2) is 45.2 Å². The Morgan fingerprint density at radius 1 is 1.31 bits per heavy atom. The third-order valence-corrected chi connectivity index (χ3v) is 4.46. The Morgan fingerprint density at radius 3 is 2.85 bits per heavy atom. The first-order valence-electron chi connectivity index (χ1n) is 8.75. The third kappa shape index (κ3) is 4.89. The van der Waals surface area contributed by atoms with E-state index in [1.165, 1.54) is 10.9 Å². The number of carboxylic acid groups (broad SMARTS) is 1. The summed E-state index contributed by atoms with van der Waals surface area (Å²) in [6.45, 7) is 1.66. The Bertz CT molecular complexity index is 768. The zero-order valence-electron chi connectivity index (χ0n) is 14.4. The van der Waals surface area contributed by atoms with Crippen LogP contribution in [0.4, 0.5) is 5.69 Å². The maximum Gasteiger partial charge on any atom is 0.358 e. The predicted octanol–water partition coefficient (Wildman–Crippen LogP) is 2.50. The molecule has 0 saturated carbocycles. The summed E-state index contributed by atoms with van der Waals surface area (Å²) in [6, 6.07) is 7.06. The number of aromatic nitrogens is 3. The number of benzene rings is 1. The summed E-state index contributed by atoms with van der Waals surface area (Å²) in [6.07, 6.45) is 5.89. The fourth-order valence-electron chi connectivity index (χ4n) is 3.02. The average molecular weight is 358 g/mol. The van der Waals surface area contributed by atoms with Crippen LogP contribution in [0.5, 0.6) is 0 Å². The number of hydrogen-bond acceptors (Lipinski definition) is 5. The molecule has 1 aliphatic rings. The highest BCUT2D eigenvalue weighted by Gasteiger charge is 2.14. The van der Waals surface area contributed by atoms with Gasteiger partial charge in [-0.15, -0.1) is 5.10 Å². The Morgan fingerprint density at radius 2 is 2.12 bits per heavy atom. The number of carbonyl (C=O) groups is 2. The number of anilines is 1. The Labute approximate surface area is 151 Å². The standard InChI is InChI=1S/C18H22N4O4/c23-17(6-1-3-13-7-9-26-10-8-13)19-14-4-2-5-15(11-14)22-12-16(18(24)25)20-21-22/h2,4-5,11-13H,1,3,6-10H2,(H,19,23)(H,24,25). The quantitative estimate of drug-likeness (QED) is 0.788. The summed E-state index contributed by atoms with van der Waals surface area (Å²) < 4.78 is 6.71. The van der Waals surface area contributed by atoms with Crippen LogP contribution in [0, 0.1) is 5.92 Å². The zero-order chi connectivity index (χ0) is 18.4. The molecule has 2 heterocycles. The second-order valence-electron chi connectivity index (χ2n) is 6.40. The van der Waals surface area contributed by atoms with Crippen molar-refractivity contribution in [2.45, 2.75) is 32.1 Å². The summed E-state index contributed by atoms with van der Waals surface area (Å²) in [5, 5.41) is 19.2. The summed E-state index contributed by atoms with van der Waals surface area (Å²) in [5.74, 6) is -0.500. The van der Waals surface area contributed by atoms with E-state index >= 15 is 0 Å². The fourth-order valence-corrected chi connectivity index (χ4v) is 3.02. The molecule has 0 unspecified atom stereocenters. The summed E-state index contributed by atoms with van der Waals surface area (Å²) in [5.41, 5.74) is 1.14. The molecule has 8 heteroatoms. The van der Waals surface area contributed by atoms with E-state index in [1.807, 2.05) is 0 Å². The van der Waals surface area contributed by atoms with Crippen molar-refractivity contribution in [1.82, 2.24) is 15.0 Å². The highest BCUT2D eigenvalue weighted by atomic mass is 16.5. The van der Waals surface area contributed by atoms with Gasteiger partial charge in [0.05, 0.1) is 11.9 Å². The van der Waals surface area contributed by atoms with Crippen LogP contribution in [0.1, 0.15) is 42.6 Å². The number of carboxylic acids is 1. The van der Waals surface area contributed by atoms with E-state index in [9.17, 15) is 9.59 Å². The number of carbonyl (C=O) groups excluding carboxylic acids is 1. The van der Waals surface area contributed by atoms with E-state index in [4.69, 9.17) is 9.84 Å². The second kappa shape index (κ2) is 8.57. The van der Waals surface area contributed by atoms with Crippen LogP contribution in [0.25, 0.3) is 5.69 Å². The lowest BCUT2D eigenvalue weighted by Gasteiger charge is -2.21. The normalized spacial score (nSPS) is 14.9. The van der Waals surface area contributed by atoms with Gasteiger partial charge in [-0.3, -0.25) is 4.79 Å². The van der Waals surface area contributed by atoms with Gasteiger partial charge in [-0.1, -0.05) is 11.3 Å². The number of hydrogen-bond donors (Lipinski definition) is 2. The van der Waals surface area contributed by atoms with Gasteiger partial charge in [0.25, 0.3) is 0 Å². The molecular weight excluding hydrogens is 336 g/mol. The van der Waals surface area contributed by atoms with Crippen molar-refractivity contribution in [1.29, 1.82) is 0 Å². The van der Waals surface area contributed by atoms with Crippen LogP contribution >= 0.6 is 0 Å². The summed E-state index contributed by atoms with van der Waals surface area (Å²) in [7, 11) is 0. The molecule has 0 spiro atoms. The van der Waals surface area contributed by atoms with E-state index in [0.717, 1.165) is 38.9 Å². The number of nitrogens with zero attached hydrogens (tertiary/aromatic N) is 3. The van der Waals surface area contributed by atoms with Gasteiger partial charge >= 0.3 is 5.97 Å². The van der Waals surface area contributed by atoms with E-state index in [1.54, 1.807) is 24.3 Å². The molecule has 8 nitrogen and oxygen atoms in total. The van der Waals surface area contributed by atoms with Crippen LogP contribution < -0.4 is 5.32 Å². The average Bonchev–Trinajstić information content (AvgIpc) is 3.13. The van der Waals surface area contributed by atoms with E-state index in [2.05, 4.69) is 15.6 Å². The largest absolute Gasteiger partial charge is 0.476 e. The molecule has 1 aromatic carbocycles. The van der Waals surface area contributed by atoms with Crippen molar-refractivity contribution >= 4 is 17.6 Å². The molecular formula is C18H22N4O4. The van der Waals surface area contributed by atoms with E-state index in [-0.39, 0.29) is 11.6 Å². The third-order valence-electron chi connectivity index (χ3n) is 4.46. The Hall–Kier alpha value is -2.74. The lowest BCUT2D eigenvalue weighted by Crippen LogP contribution is -2.17. The maximum atomic E-state index is 12.1. The first kappa shape index (κ1) is 18.1.